The molecule has 1 aromatic carbocycles. The number of carbonyl (C=O) groups excluding carboxylic acids is 2. The molecule has 1 aromatic rings. The van der Waals surface area contributed by atoms with Gasteiger partial charge in [-0.2, -0.15) is 0 Å². The minimum Gasteiger partial charge on any atom is -0.480 e. The summed E-state index contributed by atoms with van der Waals surface area (Å²) < 4.78 is 39.9. The Bertz CT molecular complexity index is 711. The number of hydrogen-bond donors (Lipinski definition) is 2. The minimum atomic E-state index is -1.38. The third-order valence-corrected chi connectivity index (χ3v) is 4.24. The summed E-state index contributed by atoms with van der Waals surface area (Å²) in [6, 6.07) is -0.254. The maximum Gasteiger partial charge on any atom is 0.326 e. The topological polar surface area (TPSA) is 86.7 Å². The Morgan fingerprint density at radius 2 is 1.80 bits per heavy atom. The summed E-state index contributed by atoms with van der Waals surface area (Å²) in [6.07, 6.45) is -0.271. The van der Waals surface area contributed by atoms with Crippen LogP contribution in [0, 0.1) is 23.4 Å². The zero-order valence-electron chi connectivity index (χ0n) is 13.4. The fraction of sp³-hybridized carbons (Fsp3) is 0.438. The molecule has 2 rings (SSSR count). The Hall–Kier alpha value is -2.58. The van der Waals surface area contributed by atoms with Crippen molar-refractivity contribution >= 4 is 17.8 Å². The third-order valence-electron chi connectivity index (χ3n) is 4.24. The Balaban J connectivity index is 2.22. The van der Waals surface area contributed by atoms with E-state index in [1.807, 2.05) is 0 Å². The molecule has 0 aliphatic carbocycles. The molecule has 0 unspecified atom stereocenters. The fourth-order valence-corrected chi connectivity index (χ4v) is 2.89. The molecule has 0 aromatic heterocycles. The van der Waals surface area contributed by atoms with Crippen LogP contribution >= 0.6 is 0 Å². The van der Waals surface area contributed by atoms with Crippen molar-refractivity contribution in [2.45, 2.75) is 25.3 Å². The zero-order chi connectivity index (χ0) is 18.7. The van der Waals surface area contributed by atoms with Gasteiger partial charge in [-0.15, -0.1) is 0 Å². The number of carboxylic acids is 1. The van der Waals surface area contributed by atoms with Gasteiger partial charge in [-0.05, 0) is 18.9 Å². The molecule has 0 bridgehead atoms. The van der Waals surface area contributed by atoms with E-state index in [9.17, 15) is 32.7 Å². The number of carbonyl (C=O) groups is 3. The van der Waals surface area contributed by atoms with Gasteiger partial charge in [0, 0.05) is 25.2 Å². The summed E-state index contributed by atoms with van der Waals surface area (Å²) in [6.45, 7) is -0.138. The molecule has 1 aliphatic heterocycles. The largest absolute Gasteiger partial charge is 0.480 e. The van der Waals surface area contributed by atoms with Crippen molar-refractivity contribution in [2.24, 2.45) is 5.92 Å². The van der Waals surface area contributed by atoms with Crippen LogP contribution in [-0.4, -0.2) is 47.4 Å². The fourth-order valence-electron chi connectivity index (χ4n) is 2.89. The SMILES string of the molecule is CNC(=O)[C@H]1CC[C@@H](C(=O)O)N(C(=O)Cc2cc(F)c(F)cc2F)C1. The van der Waals surface area contributed by atoms with E-state index in [2.05, 4.69) is 5.32 Å². The lowest BCUT2D eigenvalue weighted by atomic mass is 9.91. The van der Waals surface area contributed by atoms with E-state index >= 15 is 0 Å². The molecule has 1 aliphatic rings. The van der Waals surface area contributed by atoms with Crippen molar-refractivity contribution in [1.29, 1.82) is 0 Å². The number of nitrogens with one attached hydrogen (secondary N) is 1. The number of nitrogens with zero attached hydrogens (tertiary/aromatic N) is 1. The second-order valence-corrected chi connectivity index (χ2v) is 5.82. The first kappa shape index (κ1) is 18.8. The van der Waals surface area contributed by atoms with Gasteiger partial charge in [-0.25, -0.2) is 18.0 Å². The number of rotatable bonds is 4. The minimum absolute atomic E-state index is 0.0689. The Labute approximate surface area is 141 Å². The molecule has 6 nitrogen and oxygen atoms in total. The van der Waals surface area contributed by atoms with E-state index < -0.39 is 47.7 Å². The smallest absolute Gasteiger partial charge is 0.326 e. The van der Waals surface area contributed by atoms with E-state index in [1.54, 1.807) is 0 Å². The van der Waals surface area contributed by atoms with Crippen LogP contribution in [0.3, 0.4) is 0 Å². The lowest BCUT2D eigenvalue weighted by Gasteiger charge is -2.36. The molecule has 0 radical (unpaired) electrons. The summed E-state index contributed by atoms with van der Waals surface area (Å²) in [7, 11) is 1.43. The first-order valence-corrected chi connectivity index (χ1v) is 7.61. The molecule has 2 amide bonds. The average Bonchev–Trinajstić information content (AvgIpc) is 2.58. The van der Waals surface area contributed by atoms with Crippen LogP contribution in [0.2, 0.25) is 0 Å². The molecular weight excluding hydrogens is 341 g/mol. The highest BCUT2D eigenvalue weighted by Crippen LogP contribution is 2.24. The lowest BCUT2D eigenvalue weighted by molar-refractivity contribution is -0.154. The molecule has 136 valence electrons. The van der Waals surface area contributed by atoms with Crippen LogP contribution in [0.15, 0.2) is 12.1 Å². The Morgan fingerprint density at radius 1 is 1.16 bits per heavy atom. The van der Waals surface area contributed by atoms with Gasteiger partial charge < -0.3 is 15.3 Å². The molecule has 1 heterocycles. The van der Waals surface area contributed by atoms with Crippen LogP contribution in [0.1, 0.15) is 18.4 Å². The standard InChI is InChI=1S/C16H17F3N2O4/c1-20-15(23)8-2-3-13(16(24)25)21(7-8)14(22)5-9-4-11(18)12(19)6-10(9)17/h4,6,8,13H,2-3,5,7H2,1H3,(H,20,23)(H,24,25)/t8-,13-/m0/s1. The molecule has 1 saturated heterocycles. The normalized spacial score (nSPS) is 20.2. The number of piperidine rings is 1. The first-order valence-electron chi connectivity index (χ1n) is 7.61. The maximum atomic E-state index is 13.7. The highest BCUT2D eigenvalue weighted by molar-refractivity contribution is 5.87. The first-order chi connectivity index (χ1) is 11.7. The highest BCUT2D eigenvalue weighted by atomic mass is 19.2. The predicted molar refractivity (Wildman–Crippen MR) is 79.9 cm³/mol. The third kappa shape index (κ3) is 4.09. The second kappa shape index (κ2) is 7.54. The lowest BCUT2D eigenvalue weighted by Crippen LogP contribution is -2.53. The zero-order valence-corrected chi connectivity index (χ0v) is 13.4. The molecule has 2 N–H and O–H groups in total. The summed E-state index contributed by atoms with van der Waals surface area (Å²) in [5, 5.41) is 11.7. The summed E-state index contributed by atoms with van der Waals surface area (Å²) in [5.41, 5.74) is -0.380. The van der Waals surface area contributed by atoms with Gasteiger partial charge in [-0.3, -0.25) is 9.59 Å². The summed E-state index contributed by atoms with van der Waals surface area (Å²) in [5.74, 6) is -6.71. The van der Waals surface area contributed by atoms with E-state index in [-0.39, 0.29) is 24.4 Å². The van der Waals surface area contributed by atoms with Gasteiger partial charge in [0.25, 0.3) is 0 Å². The van der Waals surface area contributed by atoms with Crippen LogP contribution in [0.5, 0.6) is 0 Å². The number of benzene rings is 1. The number of carboxylic acid groups (broad SMARTS) is 1. The van der Waals surface area contributed by atoms with Gasteiger partial charge in [0.05, 0.1) is 12.3 Å². The number of halogens is 3. The summed E-state index contributed by atoms with van der Waals surface area (Å²) >= 11 is 0. The van der Waals surface area contributed by atoms with E-state index in [1.165, 1.54) is 7.05 Å². The van der Waals surface area contributed by atoms with E-state index in [4.69, 9.17) is 0 Å². The maximum absolute atomic E-state index is 13.7. The van der Waals surface area contributed by atoms with Gasteiger partial charge >= 0.3 is 5.97 Å². The van der Waals surface area contributed by atoms with Crippen LogP contribution in [0.4, 0.5) is 13.2 Å². The average molecular weight is 358 g/mol. The van der Waals surface area contributed by atoms with E-state index in [0.717, 1.165) is 4.90 Å². The highest BCUT2D eigenvalue weighted by Gasteiger charge is 2.38. The summed E-state index contributed by atoms with van der Waals surface area (Å²) in [4.78, 5) is 36.5. The van der Waals surface area contributed by atoms with Gasteiger partial charge in [-0.1, -0.05) is 0 Å². The van der Waals surface area contributed by atoms with Crippen LogP contribution in [-0.2, 0) is 20.8 Å². The number of hydrogen-bond acceptors (Lipinski definition) is 3. The Kier molecular flexibility index (Phi) is 5.66. The van der Waals surface area contributed by atoms with Crippen LogP contribution < -0.4 is 5.32 Å². The van der Waals surface area contributed by atoms with Gasteiger partial charge in [0.15, 0.2) is 11.6 Å². The Morgan fingerprint density at radius 3 is 2.40 bits per heavy atom. The number of aliphatic carboxylic acids is 1. The van der Waals surface area contributed by atoms with Gasteiger partial charge in [0.1, 0.15) is 11.9 Å². The molecule has 25 heavy (non-hydrogen) atoms. The molecular formula is C16H17F3N2O4. The van der Waals surface area contributed by atoms with E-state index in [0.29, 0.717) is 18.6 Å². The van der Waals surface area contributed by atoms with Crippen molar-refractivity contribution in [3.05, 3.63) is 35.1 Å². The predicted octanol–water partition coefficient (Wildman–Crippen LogP) is 1.08. The molecule has 2 atom stereocenters. The van der Waals surface area contributed by atoms with Crippen molar-refractivity contribution in [2.75, 3.05) is 13.6 Å². The molecule has 1 fully saturated rings. The number of amides is 2. The van der Waals surface area contributed by atoms with Crippen molar-refractivity contribution < 1.29 is 32.7 Å². The molecule has 0 spiro atoms. The quantitative estimate of drug-likeness (QED) is 0.789. The molecule has 0 saturated carbocycles. The van der Waals surface area contributed by atoms with Crippen molar-refractivity contribution in [3.8, 4) is 0 Å². The monoisotopic (exact) mass is 358 g/mol. The van der Waals surface area contributed by atoms with Crippen molar-refractivity contribution in [1.82, 2.24) is 10.2 Å². The van der Waals surface area contributed by atoms with Gasteiger partial charge in [0.2, 0.25) is 11.8 Å². The molecule has 9 heteroatoms. The number of likely N-dealkylation sites (tertiary alicyclic amines) is 1. The second-order valence-electron chi connectivity index (χ2n) is 5.82. The van der Waals surface area contributed by atoms with Crippen molar-refractivity contribution in [3.63, 3.8) is 0 Å². The van der Waals surface area contributed by atoms with Crippen LogP contribution in [0.25, 0.3) is 0 Å².